The molecule has 1 rings (SSSR count). The number of nitrogens with two attached hydrogens (primary N) is 1. The molecule has 0 atom stereocenters. The standard InChI is InChI=1S/C7H11N3OS/c8-6-2-3-9-7(10-6)12-5-1-4-11/h2-3,11H,1,4-5H2,(H2,8,9,10). The number of nitrogen functional groups attached to an aromatic ring is 1. The minimum absolute atomic E-state index is 0.204. The summed E-state index contributed by atoms with van der Waals surface area (Å²) >= 11 is 1.50. The van der Waals surface area contributed by atoms with Crippen LogP contribution < -0.4 is 5.73 Å². The molecule has 0 saturated carbocycles. The van der Waals surface area contributed by atoms with E-state index in [1.54, 1.807) is 12.3 Å². The van der Waals surface area contributed by atoms with Crippen molar-refractivity contribution in [3.05, 3.63) is 12.3 Å². The average Bonchev–Trinajstić information content (AvgIpc) is 2.05. The molecular weight excluding hydrogens is 174 g/mol. The Kier molecular flexibility index (Phi) is 3.83. The minimum Gasteiger partial charge on any atom is -0.396 e. The van der Waals surface area contributed by atoms with Crippen LogP contribution in [0.5, 0.6) is 0 Å². The van der Waals surface area contributed by atoms with Gasteiger partial charge in [0, 0.05) is 18.6 Å². The van der Waals surface area contributed by atoms with Gasteiger partial charge >= 0.3 is 0 Å². The molecule has 0 spiro atoms. The number of anilines is 1. The highest BCUT2D eigenvalue weighted by Gasteiger charge is 1.96. The summed E-state index contributed by atoms with van der Waals surface area (Å²) in [6.07, 6.45) is 2.38. The molecule has 0 aromatic carbocycles. The second-order valence-corrected chi connectivity index (χ2v) is 3.25. The van der Waals surface area contributed by atoms with Crippen LogP contribution in [0.15, 0.2) is 17.4 Å². The Morgan fingerprint density at radius 2 is 2.42 bits per heavy atom. The van der Waals surface area contributed by atoms with Gasteiger partial charge in [0.15, 0.2) is 5.16 Å². The van der Waals surface area contributed by atoms with Crippen LogP contribution in [0.25, 0.3) is 0 Å². The Morgan fingerprint density at radius 1 is 1.58 bits per heavy atom. The van der Waals surface area contributed by atoms with Gasteiger partial charge in [0.05, 0.1) is 0 Å². The first kappa shape index (κ1) is 9.28. The summed E-state index contributed by atoms with van der Waals surface area (Å²) in [4.78, 5) is 7.99. The van der Waals surface area contributed by atoms with Crippen LogP contribution in [0.3, 0.4) is 0 Å². The van der Waals surface area contributed by atoms with Crippen molar-refractivity contribution in [3.63, 3.8) is 0 Å². The lowest BCUT2D eigenvalue weighted by Crippen LogP contribution is -1.94. The summed E-state index contributed by atoms with van der Waals surface area (Å²) in [5.41, 5.74) is 5.45. The first-order valence-corrected chi connectivity index (χ1v) is 4.63. The van der Waals surface area contributed by atoms with Crippen LogP contribution >= 0.6 is 11.8 Å². The van der Waals surface area contributed by atoms with Crippen LogP contribution in [-0.4, -0.2) is 27.4 Å². The fraction of sp³-hybridized carbons (Fsp3) is 0.429. The molecule has 1 heterocycles. The third-order valence-electron chi connectivity index (χ3n) is 1.19. The minimum atomic E-state index is 0.204. The van der Waals surface area contributed by atoms with Crippen molar-refractivity contribution in [1.29, 1.82) is 0 Å². The third kappa shape index (κ3) is 3.06. The number of rotatable bonds is 4. The first-order chi connectivity index (χ1) is 5.83. The molecule has 0 amide bonds. The van der Waals surface area contributed by atoms with Crippen molar-refractivity contribution in [2.45, 2.75) is 11.6 Å². The number of aromatic nitrogens is 2. The topological polar surface area (TPSA) is 72.0 Å². The molecule has 12 heavy (non-hydrogen) atoms. The number of hydrogen-bond donors (Lipinski definition) is 2. The Labute approximate surface area is 75.2 Å². The van der Waals surface area contributed by atoms with E-state index in [9.17, 15) is 0 Å². The van der Waals surface area contributed by atoms with Crippen LogP contribution in [0.2, 0.25) is 0 Å². The quantitative estimate of drug-likeness (QED) is 0.407. The van der Waals surface area contributed by atoms with Gasteiger partial charge in [-0.1, -0.05) is 11.8 Å². The highest BCUT2D eigenvalue weighted by Crippen LogP contribution is 2.13. The summed E-state index contributed by atoms with van der Waals surface area (Å²) in [5.74, 6) is 1.30. The molecule has 0 saturated heterocycles. The number of nitrogens with zero attached hydrogens (tertiary/aromatic N) is 2. The average molecular weight is 185 g/mol. The zero-order valence-corrected chi connectivity index (χ0v) is 7.42. The second kappa shape index (κ2) is 4.95. The maximum absolute atomic E-state index is 8.52. The molecule has 1 aromatic rings. The Bertz CT molecular complexity index is 244. The van der Waals surface area contributed by atoms with E-state index in [1.165, 1.54) is 11.8 Å². The molecule has 0 unspecified atom stereocenters. The van der Waals surface area contributed by atoms with Crippen LogP contribution in [-0.2, 0) is 0 Å². The van der Waals surface area contributed by atoms with Gasteiger partial charge in [0.1, 0.15) is 5.82 Å². The first-order valence-electron chi connectivity index (χ1n) is 3.65. The van der Waals surface area contributed by atoms with E-state index in [-0.39, 0.29) is 6.61 Å². The van der Waals surface area contributed by atoms with E-state index >= 15 is 0 Å². The van der Waals surface area contributed by atoms with Crippen molar-refractivity contribution in [3.8, 4) is 0 Å². The molecule has 0 bridgehead atoms. The van der Waals surface area contributed by atoms with E-state index in [1.807, 2.05) is 0 Å². The largest absolute Gasteiger partial charge is 0.396 e. The highest BCUT2D eigenvalue weighted by atomic mass is 32.2. The summed E-state index contributed by atoms with van der Waals surface area (Å²) in [6, 6.07) is 1.65. The van der Waals surface area contributed by atoms with Gasteiger partial charge in [-0.2, -0.15) is 0 Å². The molecule has 0 fully saturated rings. The van der Waals surface area contributed by atoms with E-state index in [4.69, 9.17) is 10.8 Å². The Hall–Kier alpha value is -0.810. The molecule has 0 radical (unpaired) electrons. The van der Waals surface area contributed by atoms with Crippen LogP contribution in [0, 0.1) is 0 Å². The molecule has 66 valence electrons. The SMILES string of the molecule is Nc1ccnc(SCCCO)n1. The maximum atomic E-state index is 8.52. The summed E-state index contributed by atoms with van der Waals surface area (Å²) in [7, 11) is 0. The van der Waals surface area contributed by atoms with Gasteiger partial charge in [-0.3, -0.25) is 0 Å². The zero-order valence-electron chi connectivity index (χ0n) is 6.60. The summed E-state index contributed by atoms with van der Waals surface area (Å²) < 4.78 is 0. The molecule has 1 aromatic heterocycles. The fourth-order valence-corrected chi connectivity index (χ4v) is 1.41. The highest BCUT2D eigenvalue weighted by molar-refractivity contribution is 7.99. The Balaban J connectivity index is 2.41. The van der Waals surface area contributed by atoms with Gasteiger partial charge in [-0.05, 0) is 12.5 Å². The van der Waals surface area contributed by atoms with E-state index < -0.39 is 0 Å². The number of hydrogen-bond acceptors (Lipinski definition) is 5. The van der Waals surface area contributed by atoms with Crippen molar-refractivity contribution >= 4 is 17.6 Å². The van der Waals surface area contributed by atoms with Gasteiger partial charge in [0.25, 0.3) is 0 Å². The fourth-order valence-electron chi connectivity index (χ4n) is 0.652. The van der Waals surface area contributed by atoms with Crippen molar-refractivity contribution < 1.29 is 5.11 Å². The van der Waals surface area contributed by atoms with Gasteiger partial charge < -0.3 is 10.8 Å². The third-order valence-corrected chi connectivity index (χ3v) is 2.14. The molecule has 4 nitrogen and oxygen atoms in total. The smallest absolute Gasteiger partial charge is 0.189 e. The molecule has 0 aliphatic heterocycles. The molecule has 3 N–H and O–H groups in total. The Morgan fingerprint density at radius 3 is 3.08 bits per heavy atom. The van der Waals surface area contributed by atoms with Crippen LogP contribution in [0.4, 0.5) is 5.82 Å². The molecule has 5 heteroatoms. The van der Waals surface area contributed by atoms with E-state index in [0.29, 0.717) is 11.0 Å². The zero-order chi connectivity index (χ0) is 8.81. The predicted molar refractivity (Wildman–Crippen MR) is 48.9 cm³/mol. The van der Waals surface area contributed by atoms with E-state index in [0.717, 1.165) is 12.2 Å². The van der Waals surface area contributed by atoms with E-state index in [2.05, 4.69) is 9.97 Å². The maximum Gasteiger partial charge on any atom is 0.189 e. The lowest BCUT2D eigenvalue weighted by Gasteiger charge is -1.98. The number of aliphatic hydroxyl groups excluding tert-OH is 1. The predicted octanol–water partition coefficient (Wildman–Crippen LogP) is 0.533. The normalized spacial score (nSPS) is 10.1. The van der Waals surface area contributed by atoms with Gasteiger partial charge in [0.2, 0.25) is 0 Å². The summed E-state index contributed by atoms with van der Waals surface area (Å²) in [5, 5.41) is 9.19. The number of thioether (sulfide) groups is 1. The second-order valence-electron chi connectivity index (χ2n) is 2.19. The molecule has 0 aliphatic carbocycles. The van der Waals surface area contributed by atoms with Gasteiger partial charge in [-0.25, -0.2) is 9.97 Å². The van der Waals surface area contributed by atoms with Crippen molar-refractivity contribution in [2.24, 2.45) is 0 Å². The van der Waals surface area contributed by atoms with Crippen LogP contribution in [0.1, 0.15) is 6.42 Å². The molecule has 0 aliphatic rings. The van der Waals surface area contributed by atoms with Crippen molar-refractivity contribution in [1.82, 2.24) is 9.97 Å². The summed E-state index contributed by atoms with van der Waals surface area (Å²) in [6.45, 7) is 0.204. The monoisotopic (exact) mass is 185 g/mol. The lowest BCUT2D eigenvalue weighted by atomic mass is 10.5. The lowest BCUT2D eigenvalue weighted by molar-refractivity contribution is 0.296. The van der Waals surface area contributed by atoms with Crippen molar-refractivity contribution in [2.75, 3.05) is 18.1 Å². The molecular formula is C7H11N3OS. The number of aliphatic hydroxyl groups is 1. The van der Waals surface area contributed by atoms with Gasteiger partial charge in [-0.15, -0.1) is 0 Å².